The molecule has 0 saturated heterocycles. The molecule has 0 aliphatic heterocycles. The first-order valence-corrected chi connectivity index (χ1v) is 7.54. The Labute approximate surface area is 143 Å². The molecule has 2 rings (SSSR count). The van der Waals surface area contributed by atoms with Gasteiger partial charge in [0.25, 0.3) is 0 Å². The van der Waals surface area contributed by atoms with E-state index in [0.29, 0.717) is 31.3 Å². The third-order valence-electron chi connectivity index (χ3n) is 3.00. The van der Waals surface area contributed by atoms with E-state index in [1.54, 1.807) is 24.3 Å². The molecular formula is C15H10Cl4N2. The minimum Gasteiger partial charge on any atom is -0.377 e. The van der Waals surface area contributed by atoms with Gasteiger partial charge in [-0.1, -0.05) is 52.5 Å². The van der Waals surface area contributed by atoms with Crippen molar-refractivity contribution in [3.63, 3.8) is 0 Å². The Morgan fingerprint density at radius 2 is 1.71 bits per heavy atom. The summed E-state index contributed by atoms with van der Waals surface area (Å²) in [6, 6.07) is 10.5. The Hall–Kier alpha value is -1.11. The SMILES string of the molecule is CC(Nc1ccc(C#N)cc1Cl)c1ccc(Cl)c(Cl)c1Cl. The highest BCUT2D eigenvalue weighted by molar-refractivity contribution is 6.48. The van der Waals surface area contributed by atoms with E-state index in [1.165, 1.54) is 0 Å². The first kappa shape index (κ1) is 16.3. The van der Waals surface area contributed by atoms with E-state index in [1.807, 2.05) is 19.1 Å². The predicted molar refractivity (Wildman–Crippen MR) is 89.7 cm³/mol. The molecule has 0 fully saturated rings. The minimum absolute atomic E-state index is 0.127. The highest BCUT2D eigenvalue weighted by Gasteiger charge is 2.15. The summed E-state index contributed by atoms with van der Waals surface area (Å²) in [6.45, 7) is 1.93. The molecule has 0 spiro atoms. The van der Waals surface area contributed by atoms with Crippen molar-refractivity contribution in [1.29, 1.82) is 5.26 Å². The van der Waals surface area contributed by atoms with E-state index in [9.17, 15) is 0 Å². The van der Waals surface area contributed by atoms with Crippen LogP contribution in [0.4, 0.5) is 5.69 Å². The summed E-state index contributed by atoms with van der Waals surface area (Å²) in [7, 11) is 0. The fraction of sp³-hybridized carbons (Fsp3) is 0.133. The van der Waals surface area contributed by atoms with Gasteiger partial charge in [-0.2, -0.15) is 5.26 Å². The van der Waals surface area contributed by atoms with Crippen LogP contribution in [0.15, 0.2) is 30.3 Å². The van der Waals surface area contributed by atoms with Crippen LogP contribution in [0.5, 0.6) is 0 Å². The second kappa shape index (κ2) is 6.77. The van der Waals surface area contributed by atoms with E-state index in [0.717, 1.165) is 5.56 Å². The third-order valence-corrected chi connectivity index (χ3v) is 4.62. The van der Waals surface area contributed by atoms with Crippen LogP contribution in [0, 0.1) is 11.3 Å². The molecule has 1 N–H and O–H groups in total. The molecule has 0 amide bonds. The molecular weight excluding hydrogens is 350 g/mol. The standard InChI is InChI=1S/C15H10Cl4N2/c1-8(10-3-4-11(16)15(19)14(10)18)21-13-5-2-9(7-20)6-12(13)17/h2-6,8,21H,1H3. The van der Waals surface area contributed by atoms with Crippen molar-refractivity contribution >= 4 is 52.1 Å². The van der Waals surface area contributed by atoms with Crippen LogP contribution < -0.4 is 5.32 Å². The van der Waals surface area contributed by atoms with E-state index in [4.69, 9.17) is 51.7 Å². The molecule has 2 nitrogen and oxygen atoms in total. The Kier molecular flexibility index (Phi) is 5.24. The van der Waals surface area contributed by atoms with Crippen molar-refractivity contribution in [3.05, 3.63) is 61.5 Å². The predicted octanol–water partition coefficient (Wildman–Crippen LogP) is 6.34. The number of nitrogens with zero attached hydrogens (tertiary/aromatic N) is 1. The Morgan fingerprint density at radius 3 is 2.33 bits per heavy atom. The molecule has 1 atom stereocenters. The van der Waals surface area contributed by atoms with E-state index < -0.39 is 0 Å². The van der Waals surface area contributed by atoms with Crippen molar-refractivity contribution in [2.75, 3.05) is 5.32 Å². The van der Waals surface area contributed by atoms with Gasteiger partial charge in [0, 0.05) is 0 Å². The van der Waals surface area contributed by atoms with Gasteiger partial charge in [-0.05, 0) is 36.8 Å². The first-order valence-electron chi connectivity index (χ1n) is 6.03. The average Bonchev–Trinajstić information content (AvgIpc) is 2.46. The normalized spacial score (nSPS) is 11.8. The molecule has 2 aromatic carbocycles. The molecule has 0 bridgehead atoms. The molecule has 0 aliphatic rings. The fourth-order valence-corrected chi connectivity index (χ4v) is 2.83. The van der Waals surface area contributed by atoms with E-state index in [-0.39, 0.29) is 6.04 Å². The van der Waals surface area contributed by atoms with E-state index in [2.05, 4.69) is 5.32 Å². The quantitative estimate of drug-likeness (QED) is 0.648. The van der Waals surface area contributed by atoms with Crippen LogP contribution in [0.3, 0.4) is 0 Å². The van der Waals surface area contributed by atoms with Gasteiger partial charge >= 0.3 is 0 Å². The highest BCUT2D eigenvalue weighted by Crippen LogP contribution is 2.37. The summed E-state index contributed by atoms with van der Waals surface area (Å²) in [4.78, 5) is 0. The topological polar surface area (TPSA) is 35.8 Å². The zero-order valence-corrected chi connectivity index (χ0v) is 13.9. The minimum atomic E-state index is -0.127. The molecule has 0 aliphatic carbocycles. The Bertz CT molecular complexity index is 722. The molecule has 6 heteroatoms. The second-order valence-electron chi connectivity index (χ2n) is 4.44. The lowest BCUT2D eigenvalue weighted by molar-refractivity contribution is 0.885. The number of hydrogen-bond donors (Lipinski definition) is 1. The molecule has 21 heavy (non-hydrogen) atoms. The number of rotatable bonds is 3. The summed E-state index contributed by atoms with van der Waals surface area (Å²) < 4.78 is 0. The molecule has 2 aromatic rings. The summed E-state index contributed by atoms with van der Waals surface area (Å²) in [5, 5.41) is 13.7. The number of anilines is 1. The van der Waals surface area contributed by atoms with Crippen LogP contribution in [0.25, 0.3) is 0 Å². The summed E-state index contributed by atoms with van der Waals surface area (Å²) in [5.74, 6) is 0. The van der Waals surface area contributed by atoms with Gasteiger partial charge in [0.05, 0.1) is 43.5 Å². The van der Waals surface area contributed by atoms with Crippen molar-refractivity contribution < 1.29 is 0 Å². The van der Waals surface area contributed by atoms with Crippen LogP contribution >= 0.6 is 46.4 Å². The number of halogens is 4. The molecule has 0 heterocycles. The van der Waals surface area contributed by atoms with Gasteiger partial charge in [-0.25, -0.2) is 0 Å². The van der Waals surface area contributed by atoms with E-state index >= 15 is 0 Å². The lowest BCUT2D eigenvalue weighted by Gasteiger charge is -2.19. The van der Waals surface area contributed by atoms with Crippen molar-refractivity contribution in [1.82, 2.24) is 0 Å². The van der Waals surface area contributed by atoms with Gasteiger partial charge in [0.2, 0.25) is 0 Å². The van der Waals surface area contributed by atoms with Gasteiger partial charge in [-0.15, -0.1) is 0 Å². The lowest BCUT2D eigenvalue weighted by atomic mass is 10.1. The van der Waals surface area contributed by atoms with Crippen LogP contribution in [-0.2, 0) is 0 Å². The van der Waals surface area contributed by atoms with Crippen LogP contribution in [-0.4, -0.2) is 0 Å². The zero-order chi connectivity index (χ0) is 15.6. The largest absolute Gasteiger partial charge is 0.377 e. The van der Waals surface area contributed by atoms with Crippen LogP contribution in [0.1, 0.15) is 24.1 Å². The number of hydrogen-bond acceptors (Lipinski definition) is 2. The highest BCUT2D eigenvalue weighted by atomic mass is 35.5. The average molecular weight is 360 g/mol. The third kappa shape index (κ3) is 3.56. The van der Waals surface area contributed by atoms with Gasteiger partial charge in [0.1, 0.15) is 0 Å². The first-order chi connectivity index (χ1) is 9.93. The molecule has 0 aromatic heterocycles. The smallest absolute Gasteiger partial charge is 0.0992 e. The van der Waals surface area contributed by atoms with Crippen molar-refractivity contribution in [3.8, 4) is 6.07 Å². The maximum Gasteiger partial charge on any atom is 0.0992 e. The molecule has 0 saturated carbocycles. The maximum atomic E-state index is 8.83. The van der Waals surface area contributed by atoms with Crippen molar-refractivity contribution in [2.45, 2.75) is 13.0 Å². The Balaban J connectivity index is 2.29. The van der Waals surface area contributed by atoms with Gasteiger partial charge < -0.3 is 5.32 Å². The maximum absolute atomic E-state index is 8.83. The summed E-state index contributed by atoms with van der Waals surface area (Å²) in [5.41, 5.74) is 2.03. The number of benzene rings is 2. The Morgan fingerprint density at radius 1 is 1.00 bits per heavy atom. The second-order valence-corrected chi connectivity index (χ2v) is 6.01. The molecule has 1 unspecified atom stereocenters. The molecule has 108 valence electrons. The number of nitriles is 1. The molecule has 0 radical (unpaired) electrons. The number of nitrogens with one attached hydrogen (secondary N) is 1. The van der Waals surface area contributed by atoms with Gasteiger partial charge in [-0.3, -0.25) is 0 Å². The summed E-state index contributed by atoms with van der Waals surface area (Å²) in [6.07, 6.45) is 0. The lowest BCUT2D eigenvalue weighted by Crippen LogP contribution is -2.08. The monoisotopic (exact) mass is 358 g/mol. The summed E-state index contributed by atoms with van der Waals surface area (Å²) >= 11 is 24.3. The van der Waals surface area contributed by atoms with Crippen LogP contribution in [0.2, 0.25) is 20.1 Å². The zero-order valence-electron chi connectivity index (χ0n) is 10.9. The van der Waals surface area contributed by atoms with Crippen molar-refractivity contribution in [2.24, 2.45) is 0 Å². The van der Waals surface area contributed by atoms with Gasteiger partial charge in [0.15, 0.2) is 0 Å². The fourth-order valence-electron chi connectivity index (χ4n) is 1.89.